The Morgan fingerprint density at radius 2 is 2.05 bits per heavy atom. The van der Waals surface area contributed by atoms with Crippen LogP contribution >= 0.6 is 0 Å². The van der Waals surface area contributed by atoms with Crippen LogP contribution in [-0.2, 0) is 17.7 Å². The highest BCUT2D eigenvalue weighted by atomic mass is 16.5. The molecule has 1 atom stereocenters. The molecule has 3 nitrogen and oxygen atoms in total. The van der Waals surface area contributed by atoms with Gasteiger partial charge in [-0.25, -0.2) is 0 Å². The number of rotatable bonds is 5. The molecular weight excluding hydrogens is 248 g/mol. The number of fused-ring (bicyclic) bond motifs is 1. The quantitative estimate of drug-likeness (QED) is 0.894. The first-order chi connectivity index (χ1) is 9.80. The molecule has 1 aromatic carbocycles. The third kappa shape index (κ3) is 2.50. The molecule has 1 aliphatic heterocycles. The molecular formula is C17H26N2O. The Balaban J connectivity index is 1.88. The average Bonchev–Trinajstić information content (AvgIpc) is 3.30. The molecule has 1 saturated carbocycles. The van der Waals surface area contributed by atoms with E-state index in [1.165, 1.54) is 36.8 Å². The van der Waals surface area contributed by atoms with Crippen LogP contribution in [0.15, 0.2) is 24.3 Å². The summed E-state index contributed by atoms with van der Waals surface area (Å²) in [7, 11) is 1.80. The number of ether oxygens (including phenoxy) is 1. The average molecular weight is 274 g/mol. The predicted molar refractivity (Wildman–Crippen MR) is 81.6 cm³/mol. The third-order valence-electron chi connectivity index (χ3n) is 5.07. The Labute approximate surface area is 122 Å². The van der Waals surface area contributed by atoms with Gasteiger partial charge >= 0.3 is 0 Å². The smallest absolute Gasteiger partial charge is 0.0661 e. The Morgan fingerprint density at radius 1 is 1.30 bits per heavy atom. The minimum atomic E-state index is 0.0478. The molecule has 1 unspecified atom stereocenters. The van der Waals surface area contributed by atoms with Gasteiger partial charge in [-0.3, -0.25) is 4.90 Å². The highest BCUT2D eigenvalue weighted by molar-refractivity contribution is 5.28. The van der Waals surface area contributed by atoms with Crippen LogP contribution in [0.2, 0.25) is 0 Å². The summed E-state index contributed by atoms with van der Waals surface area (Å²) in [6.45, 7) is 3.61. The summed E-state index contributed by atoms with van der Waals surface area (Å²) in [6.07, 6.45) is 5.01. The lowest BCUT2D eigenvalue weighted by molar-refractivity contribution is -0.00539. The minimum absolute atomic E-state index is 0.0478. The maximum Gasteiger partial charge on any atom is 0.0661 e. The Kier molecular flexibility index (Phi) is 4.11. The van der Waals surface area contributed by atoms with Crippen molar-refractivity contribution < 1.29 is 4.74 Å². The fourth-order valence-electron chi connectivity index (χ4n) is 3.77. The second-order valence-corrected chi connectivity index (χ2v) is 6.31. The molecule has 110 valence electrons. The largest absolute Gasteiger partial charge is 0.383 e. The summed E-state index contributed by atoms with van der Waals surface area (Å²) in [6, 6.07) is 8.85. The Morgan fingerprint density at radius 3 is 2.70 bits per heavy atom. The van der Waals surface area contributed by atoms with Gasteiger partial charge in [0.1, 0.15) is 0 Å². The minimum Gasteiger partial charge on any atom is -0.383 e. The molecule has 0 aromatic heterocycles. The molecule has 0 bridgehead atoms. The van der Waals surface area contributed by atoms with Crippen LogP contribution in [0, 0.1) is 5.92 Å². The second-order valence-electron chi connectivity index (χ2n) is 6.31. The van der Waals surface area contributed by atoms with Gasteiger partial charge in [-0.15, -0.1) is 0 Å². The molecule has 3 heteroatoms. The van der Waals surface area contributed by atoms with Gasteiger partial charge in [-0.2, -0.15) is 0 Å². The van der Waals surface area contributed by atoms with Crippen LogP contribution in [0.3, 0.4) is 0 Å². The molecule has 0 spiro atoms. The summed E-state index contributed by atoms with van der Waals surface area (Å²) in [5.41, 5.74) is 9.24. The van der Waals surface area contributed by atoms with E-state index in [9.17, 15) is 0 Å². The summed E-state index contributed by atoms with van der Waals surface area (Å²) in [5, 5.41) is 0. The number of hydrogen-bond donors (Lipinski definition) is 1. The Hall–Kier alpha value is -0.900. The van der Waals surface area contributed by atoms with Crippen LogP contribution in [-0.4, -0.2) is 37.2 Å². The Bertz CT molecular complexity index is 458. The maximum atomic E-state index is 6.21. The van der Waals surface area contributed by atoms with Gasteiger partial charge in [0.05, 0.1) is 12.1 Å². The standard InChI is InChI=1S/C17H26N2O/c1-20-13-17(12-18,16-8-9-16)19-10-4-7-14-5-2-3-6-15(14)11-19/h2-3,5-6,16H,4,7-13,18H2,1H3. The molecule has 1 fully saturated rings. The van der Waals surface area contributed by atoms with Gasteiger partial charge in [-0.1, -0.05) is 24.3 Å². The number of nitrogens with two attached hydrogens (primary N) is 1. The van der Waals surface area contributed by atoms with Crippen LogP contribution in [0.1, 0.15) is 30.4 Å². The maximum absolute atomic E-state index is 6.21. The molecule has 20 heavy (non-hydrogen) atoms. The van der Waals surface area contributed by atoms with Crippen molar-refractivity contribution in [2.24, 2.45) is 11.7 Å². The van der Waals surface area contributed by atoms with Gasteiger partial charge in [0.15, 0.2) is 0 Å². The van der Waals surface area contributed by atoms with Crippen molar-refractivity contribution in [1.82, 2.24) is 4.90 Å². The van der Waals surface area contributed by atoms with Gasteiger partial charge in [0.25, 0.3) is 0 Å². The summed E-state index contributed by atoms with van der Waals surface area (Å²) in [5.74, 6) is 0.720. The van der Waals surface area contributed by atoms with E-state index in [2.05, 4.69) is 29.2 Å². The third-order valence-corrected chi connectivity index (χ3v) is 5.07. The van der Waals surface area contributed by atoms with E-state index in [0.717, 1.165) is 25.6 Å². The van der Waals surface area contributed by atoms with Gasteiger partial charge in [0, 0.05) is 20.2 Å². The van der Waals surface area contributed by atoms with Crippen molar-refractivity contribution in [3.63, 3.8) is 0 Å². The summed E-state index contributed by atoms with van der Waals surface area (Å²) in [4.78, 5) is 2.61. The van der Waals surface area contributed by atoms with E-state index in [-0.39, 0.29) is 5.54 Å². The molecule has 0 amide bonds. The van der Waals surface area contributed by atoms with Crippen molar-refractivity contribution >= 4 is 0 Å². The number of aryl methyl sites for hydroxylation is 1. The molecule has 2 aliphatic rings. The van der Waals surface area contributed by atoms with Gasteiger partial charge < -0.3 is 10.5 Å². The monoisotopic (exact) mass is 274 g/mol. The summed E-state index contributed by atoms with van der Waals surface area (Å²) >= 11 is 0. The highest BCUT2D eigenvalue weighted by Gasteiger charge is 2.48. The van der Waals surface area contributed by atoms with Crippen LogP contribution in [0.4, 0.5) is 0 Å². The van der Waals surface area contributed by atoms with Gasteiger partial charge in [0.2, 0.25) is 0 Å². The zero-order valence-electron chi connectivity index (χ0n) is 12.5. The van der Waals surface area contributed by atoms with Crippen LogP contribution in [0.5, 0.6) is 0 Å². The molecule has 1 aromatic rings. The van der Waals surface area contributed by atoms with Crippen molar-refractivity contribution in [1.29, 1.82) is 0 Å². The van der Waals surface area contributed by atoms with E-state index in [4.69, 9.17) is 10.5 Å². The van der Waals surface area contributed by atoms with Crippen molar-refractivity contribution in [3.8, 4) is 0 Å². The molecule has 3 rings (SSSR count). The lowest BCUT2D eigenvalue weighted by Crippen LogP contribution is -2.58. The highest BCUT2D eigenvalue weighted by Crippen LogP contribution is 2.44. The zero-order chi connectivity index (χ0) is 14.0. The predicted octanol–water partition coefficient (Wildman–Crippen LogP) is 2.19. The van der Waals surface area contributed by atoms with Crippen molar-refractivity contribution in [2.45, 2.75) is 37.8 Å². The first-order valence-corrected chi connectivity index (χ1v) is 7.81. The van der Waals surface area contributed by atoms with E-state index in [0.29, 0.717) is 6.54 Å². The SMILES string of the molecule is COCC(CN)(C1CC1)N1CCCc2ccccc2C1. The number of benzene rings is 1. The second kappa shape index (κ2) is 5.84. The first-order valence-electron chi connectivity index (χ1n) is 7.81. The molecule has 2 N–H and O–H groups in total. The molecule has 0 saturated heterocycles. The fraction of sp³-hybridized carbons (Fsp3) is 0.647. The van der Waals surface area contributed by atoms with Crippen molar-refractivity contribution in [2.75, 3.05) is 26.8 Å². The lowest BCUT2D eigenvalue weighted by atomic mass is 9.91. The van der Waals surface area contributed by atoms with E-state index >= 15 is 0 Å². The molecule has 0 radical (unpaired) electrons. The van der Waals surface area contributed by atoms with E-state index in [1.54, 1.807) is 7.11 Å². The van der Waals surface area contributed by atoms with E-state index in [1.807, 2.05) is 0 Å². The van der Waals surface area contributed by atoms with Gasteiger partial charge in [-0.05, 0) is 49.3 Å². The van der Waals surface area contributed by atoms with E-state index < -0.39 is 0 Å². The molecule has 1 aliphatic carbocycles. The number of nitrogens with zero attached hydrogens (tertiary/aromatic N) is 1. The van der Waals surface area contributed by atoms with Crippen molar-refractivity contribution in [3.05, 3.63) is 35.4 Å². The number of methoxy groups -OCH3 is 1. The van der Waals surface area contributed by atoms with Crippen LogP contribution < -0.4 is 5.73 Å². The normalized spacial score (nSPS) is 22.9. The first kappa shape index (κ1) is 14.1. The summed E-state index contributed by atoms with van der Waals surface area (Å²) < 4.78 is 5.56. The molecule has 1 heterocycles. The topological polar surface area (TPSA) is 38.5 Å². The van der Waals surface area contributed by atoms with Crippen LogP contribution in [0.25, 0.3) is 0 Å². The lowest BCUT2D eigenvalue weighted by Gasteiger charge is -2.43. The zero-order valence-corrected chi connectivity index (χ0v) is 12.5. The number of hydrogen-bond acceptors (Lipinski definition) is 3. The fourth-order valence-corrected chi connectivity index (χ4v) is 3.77.